The zero-order valence-corrected chi connectivity index (χ0v) is 19.5. The molecule has 8 nitrogen and oxygen atoms in total. The number of carbonyl (C=O) groups is 1. The van der Waals surface area contributed by atoms with Gasteiger partial charge in [0.1, 0.15) is 12.4 Å². The first-order valence-corrected chi connectivity index (χ1v) is 11.9. The summed E-state index contributed by atoms with van der Waals surface area (Å²) in [7, 11) is 1.63. The fourth-order valence-corrected chi connectivity index (χ4v) is 4.47. The van der Waals surface area contributed by atoms with Crippen LogP contribution in [0.4, 0.5) is 0 Å². The molecule has 3 aromatic rings. The molecule has 1 aromatic carbocycles. The van der Waals surface area contributed by atoms with Crippen LogP contribution in [0.1, 0.15) is 51.9 Å². The molecular formula is C25H33N5O3. The third-order valence-corrected chi connectivity index (χ3v) is 6.40. The lowest BCUT2D eigenvalue weighted by atomic mass is 9.79. The molecule has 0 bridgehead atoms. The van der Waals surface area contributed by atoms with Crippen LogP contribution in [0, 0.1) is 11.8 Å². The van der Waals surface area contributed by atoms with Gasteiger partial charge in [-0.05, 0) is 49.8 Å². The highest BCUT2D eigenvalue weighted by Crippen LogP contribution is 2.32. The smallest absolute Gasteiger partial charge is 0.231 e. The number of unbranched alkanes of at least 4 members (excludes halogenated alkanes) is 1. The van der Waals surface area contributed by atoms with Gasteiger partial charge >= 0.3 is 0 Å². The third-order valence-electron chi connectivity index (χ3n) is 6.40. The number of nitrogens with zero attached hydrogens (tertiary/aromatic N) is 4. The zero-order chi connectivity index (χ0) is 23.0. The summed E-state index contributed by atoms with van der Waals surface area (Å²) >= 11 is 0. The molecule has 0 unspecified atom stereocenters. The maximum absolute atomic E-state index is 12.5. The summed E-state index contributed by atoms with van der Waals surface area (Å²) in [5, 5.41) is 16.0. The zero-order valence-electron chi connectivity index (χ0n) is 19.5. The van der Waals surface area contributed by atoms with Gasteiger partial charge in [-0.1, -0.05) is 38.3 Å². The normalized spacial score (nSPS) is 18.2. The average Bonchev–Trinajstić information content (AvgIpc) is 3.29. The molecule has 0 atom stereocenters. The Morgan fingerprint density at radius 2 is 2.00 bits per heavy atom. The van der Waals surface area contributed by atoms with Gasteiger partial charge in [-0.25, -0.2) is 0 Å². The molecule has 176 valence electrons. The Morgan fingerprint density at radius 3 is 2.79 bits per heavy atom. The summed E-state index contributed by atoms with van der Waals surface area (Å²) in [4.78, 5) is 12.5. The number of methoxy groups -OCH3 is 1. The third kappa shape index (κ3) is 5.80. The number of amides is 1. The Balaban J connectivity index is 1.28. The second kappa shape index (κ2) is 11.1. The van der Waals surface area contributed by atoms with E-state index in [0.29, 0.717) is 30.5 Å². The van der Waals surface area contributed by atoms with Gasteiger partial charge in [0.15, 0.2) is 11.5 Å². The second-order valence-electron chi connectivity index (χ2n) is 8.70. The maximum Gasteiger partial charge on any atom is 0.231 e. The largest absolute Gasteiger partial charge is 0.497 e. The van der Waals surface area contributed by atoms with Gasteiger partial charge in [0.25, 0.3) is 0 Å². The van der Waals surface area contributed by atoms with Crippen molar-refractivity contribution in [3.05, 3.63) is 36.4 Å². The molecular weight excluding hydrogens is 418 g/mol. The molecule has 33 heavy (non-hydrogen) atoms. The van der Waals surface area contributed by atoms with Crippen molar-refractivity contribution < 1.29 is 14.3 Å². The number of nitrogens with one attached hydrogen (secondary N) is 1. The monoisotopic (exact) mass is 451 g/mol. The van der Waals surface area contributed by atoms with Gasteiger partial charge in [-0.15, -0.1) is 15.3 Å². The molecule has 2 heterocycles. The number of hydrogen-bond donors (Lipinski definition) is 1. The number of benzene rings is 1. The first kappa shape index (κ1) is 23.0. The molecule has 1 N–H and O–H groups in total. The van der Waals surface area contributed by atoms with Crippen LogP contribution in [-0.4, -0.2) is 46.0 Å². The minimum atomic E-state index is 0.139. The first-order chi connectivity index (χ1) is 16.2. The number of hydrogen-bond acceptors (Lipinski definition) is 6. The number of fused-ring (bicyclic) bond motifs is 1. The van der Waals surface area contributed by atoms with Crippen LogP contribution in [0.3, 0.4) is 0 Å². The van der Waals surface area contributed by atoms with Crippen molar-refractivity contribution in [2.24, 2.45) is 11.8 Å². The molecule has 2 aromatic heterocycles. The Labute approximate surface area is 194 Å². The van der Waals surface area contributed by atoms with E-state index < -0.39 is 0 Å². The molecule has 8 heteroatoms. The van der Waals surface area contributed by atoms with E-state index in [0.717, 1.165) is 30.1 Å². The summed E-state index contributed by atoms with van der Waals surface area (Å²) in [5.74, 6) is 2.89. The molecule has 0 spiro atoms. The molecule has 1 saturated carbocycles. The van der Waals surface area contributed by atoms with Crippen molar-refractivity contribution in [1.29, 1.82) is 0 Å². The summed E-state index contributed by atoms with van der Waals surface area (Å²) in [6.45, 7) is 3.05. The Bertz CT molecular complexity index is 1060. The summed E-state index contributed by atoms with van der Waals surface area (Å²) in [5.41, 5.74) is 1.48. The molecule has 1 aliphatic carbocycles. The Hall–Kier alpha value is -3.16. The molecule has 4 rings (SSSR count). The van der Waals surface area contributed by atoms with Crippen LogP contribution < -0.4 is 14.8 Å². The average molecular weight is 452 g/mol. The Kier molecular flexibility index (Phi) is 7.75. The summed E-state index contributed by atoms with van der Waals surface area (Å²) < 4.78 is 12.7. The number of rotatable bonds is 10. The highest BCUT2D eigenvalue weighted by molar-refractivity contribution is 5.78. The molecule has 1 amide bonds. The van der Waals surface area contributed by atoms with Gasteiger partial charge in [0.05, 0.1) is 13.7 Å². The lowest BCUT2D eigenvalue weighted by Crippen LogP contribution is -2.35. The van der Waals surface area contributed by atoms with Crippen LogP contribution in [0.2, 0.25) is 0 Å². The van der Waals surface area contributed by atoms with Crippen LogP contribution in [0.5, 0.6) is 11.6 Å². The first-order valence-electron chi connectivity index (χ1n) is 11.9. The molecule has 0 radical (unpaired) electrons. The predicted molar refractivity (Wildman–Crippen MR) is 126 cm³/mol. The van der Waals surface area contributed by atoms with Gasteiger partial charge in [0, 0.05) is 17.5 Å². The van der Waals surface area contributed by atoms with E-state index in [9.17, 15) is 4.79 Å². The van der Waals surface area contributed by atoms with E-state index in [1.165, 1.54) is 32.1 Å². The van der Waals surface area contributed by atoms with Crippen LogP contribution in [0.15, 0.2) is 36.4 Å². The fraction of sp³-hybridized carbons (Fsp3) is 0.520. The van der Waals surface area contributed by atoms with Crippen LogP contribution >= 0.6 is 0 Å². The van der Waals surface area contributed by atoms with E-state index in [-0.39, 0.29) is 11.8 Å². The maximum atomic E-state index is 12.5. The number of aromatic nitrogens is 4. The minimum Gasteiger partial charge on any atom is -0.497 e. The van der Waals surface area contributed by atoms with E-state index in [2.05, 4.69) is 27.5 Å². The van der Waals surface area contributed by atoms with Gasteiger partial charge in [0.2, 0.25) is 11.8 Å². The summed E-state index contributed by atoms with van der Waals surface area (Å²) in [6.07, 6.45) is 8.21. The van der Waals surface area contributed by atoms with Crippen molar-refractivity contribution in [3.8, 4) is 23.0 Å². The van der Waals surface area contributed by atoms with Crippen molar-refractivity contribution in [1.82, 2.24) is 25.1 Å². The lowest BCUT2D eigenvalue weighted by molar-refractivity contribution is -0.126. The highest BCUT2D eigenvalue weighted by Gasteiger charge is 2.25. The lowest BCUT2D eigenvalue weighted by Gasteiger charge is -2.27. The number of ether oxygens (including phenoxy) is 2. The topological polar surface area (TPSA) is 90.6 Å². The minimum absolute atomic E-state index is 0.139. The second-order valence-corrected chi connectivity index (χ2v) is 8.70. The Morgan fingerprint density at radius 1 is 1.15 bits per heavy atom. The summed E-state index contributed by atoms with van der Waals surface area (Å²) in [6, 6.07) is 11.2. The standard InChI is InChI=1S/C25H33N5O3/c1-3-4-6-18-9-11-19(12-10-18)25(31)26-15-16-33-23-14-13-22-27-28-24(30(22)29-23)20-7-5-8-21(17-20)32-2/h5,7-8,13-14,17-19H,3-4,6,9-12,15-16H2,1-2H3,(H,26,31). The SMILES string of the molecule is CCCCC1CCC(C(=O)NCCOc2ccc3nnc(-c4cccc(OC)c4)n3n2)CC1. The van der Waals surface area contributed by atoms with E-state index in [1.807, 2.05) is 30.3 Å². The van der Waals surface area contributed by atoms with Crippen molar-refractivity contribution in [2.75, 3.05) is 20.3 Å². The van der Waals surface area contributed by atoms with Crippen molar-refractivity contribution in [3.63, 3.8) is 0 Å². The molecule has 1 aliphatic rings. The van der Waals surface area contributed by atoms with Gasteiger partial charge < -0.3 is 14.8 Å². The van der Waals surface area contributed by atoms with Gasteiger partial charge in [-0.3, -0.25) is 4.79 Å². The van der Waals surface area contributed by atoms with Gasteiger partial charge in [-0.2, -0.15) is 4.52 Å². The molecule has 0 aliphatic heterocycles. The van der Waals surface area contributed by atoms with Crippen molar-refractivity contribution >= 4 is 11.6 Å². The van der Waals surface area contributed by atoms with E-state index >= 15 is 0 Å². The predicted octanol–water partition coefficient (Wildman–Crippen LogP) is 4.29. The van der Waals surface area contributed by atoms with E-state index in [4.69, 9.17) is 9.47 Å². The van der Waals surface area contributed by atoms with Crippen molar-refractivity contribution in [2.45, 2.75) is 51.9 Å². The molecule has 1 fully saturated rings. The van der Waals surface area contributed by atoms with Crippen LogP contribution in [0.25, 0.3) is 17.0 Å². The van der Waals surface area contributed by atoms with Crippen LogP contribution in [-0.2, 0) is 4.79 Å². The fourth-order valence-electron chi connectivity index (χ4n) is 4.47. The highest BCUT2D eigenvalue weighted by atomic mass is 16.5. The molecule has 0 saturated heterocycles. The number of carbonyl (C=O) groups excluding carboxylic acids is 1. The quantitative estimate of drug-likeness (QED) is 0.463. The van der Waals surface area contributed by atoms with E-state index in [1.54, 1.807) is 17.7 Å².